The van der Waals surface area contributed by atoms with Gasteiger partial charge in [-0.1, -0.05) is 27.5 Å². The molecule has 5 nitrogen and oxygen atoms in total. The molecule has 0 aliphatic carbocycles. The van der Waals surface area contributed by atoms with Gasteiger partial charge in [0.1, 0.15) is 0 Å². The average Bonchev–Trinajstić information content (AvgIpc) is 2.43. The molecule has 8 heteroatoms. The Morgan fingerprint density at radius 1 is 1.23 bits per heavy atom. The van der Waals surface area contributed by atoms with Gasteiger partial charge < -0.3 is 5.11 Å². The molecule has 0 unspecified atom stereocenters. The van der Waals surface area contributed by atoms with E-state index in [4.69, 9.17) is 16.7 Å². The number of carboxylic acid groups (broad SMARTS) is 1. The SMILES string of the molecule is Cc1cc(S(=O)(=O)Nc2ccc(Cl)c(C(=O)O)c2)ccc1Br. The van der Waals surface area contributed by atoms with Gasteiger partial charge in [0.05, 0.1) is 15.5 Å². The first-order valence-corrected chi connectivity index (χ1v) is 8.68. The summed E-state index contributed by atoms with van der Waals surface area (Å²) in [6, 6.07) is 8.50. The molecule has 2 aromatic rings. The summed E-state index contributed by atoms with van der Waals surface area (Å²) in [5.74, 6) is -1.23. The smallest absolute Gasteiger partial charge is 0.337 e. The number of halogens is 2. The molecule has 2 aromatic carbocycles. The summed E-state index contributed by atoms with van der Waals surface area (Å²) in [7, 11) is -3.81. The third-order valence-corrected chi connectivity index (χ3v) is 5.49. The van der Waals surface area contributed by atoms with Crippen molar-refractivity contribution in [3.05, 3.63) is 57.0 Å². The fourth-order valence-electron chi connectivity index (χ4n) is 1.75. The molecule has 0 aliphatic heterocycles. The molecule has 0 bridgehead atoms. The first-order valence-electron chi connectivity index (χ1n) is 6.02. The highest BCUT2D eigenvalue weighted by Crippen LogP contribution is 2.25. The van der Waals surface area contributed by atoms with Crippen molar-refractivity contribution in [1.82, 2.24) is 0 Å². The maximum Gasteiger partial charge on any atom is 0.337 e. The van der Waals surface area contributed by atoms with E-state index in [1.165, 1.54) is 30.3 Å². The molecule has 0 fully saturated rings. The number of carboxylic acids is 1. The summed E-state index contributed by atoms with van der Waals surface area (Å²) in [6.45, 7) is 1.77. The second-order valence-electron chi connectivity index (χ2n) is 4.52. The third kappa shape index (κ3) is 3.60. The zero-order valence-electron chi connectivity index (χ0n) is 11.3. The number of rotatable bonds is 4. The molecule has 0 heterocycles. The van der Waals surface area contributed by atoms with Crippen LogP contribution in [0.4, 0.5) is 5.69 Å². The fourth-order valence-corrected chi connectivity index (χ4v) is 3.33. The van der Waals surface area contributed by atoms with Crippen molar-refractivity contribution in [3.63, 3.8) is 0 Å². The summed E-state index contributed by atoms with van der Waals surface area (Å²) in [6.07, 6.45) is 0. The van der Waals surface area contributed by atoms with Gasteiger partial charge in [-0.3, -0.25) is 4.72 Å². The monoisotopic (exact) mass is 403 g/mol. The maximum absolute atomic E-state index is 12.3. The van der Waals surface area contributed by atoms with Gasteiger partial charge in [-0.05, 0) is 48.9 Å². The normalized spacial score (nSPS) is 11.2. The highest BCUT2D eigenvalue weighted by molar-refractivity contribution is 9.10. The van der Waals surface area contributed by atoms with E-state index in [1.807, 2.05) is 0 Å². The Kier molecular flexibility index (Phi) is 4.79. The number of aromatic carboxylic acids is 1. The molecule has 0 saturated carbocycles. The Bertz CT molecular complexity index is 852. The van der Waals surface area contributed by atoms with Gasteiger partial charge in [0.15, 0.2) is 0 Å². The van der Waals surface area contributed by atoms with Crippen molar-refractivity contribution in [2.75, 3.05) is 4.72 Å². The molecular weight excluding hydrogens is 394 g/mol. The van der Waals surface area contributed by atoms with Gasteiger partial charge in [0.25, 0.3) is 10.0 Å². The van der Waals surface area contributed by atoms with Crippen LogP contribution in [0.3, 0.4) is 0 Å². The molecule has 0 radical (unpaired) electrons. The summed E-state index contributed by atoms with van der Waals surface area (Å²) in [5, 5.41) is 9.04. The van der Waals surface area contributed by atoms with Crippen molar-refractivity contribution in [2.24, 2.45) is 0 Å². The maximum atomic E-state index is 12.3. The lowest BCUT2D eigenvalue weighted by Gasteiger charge is -2.10. The predicted molar refractivity (Wildman–Crippen MR) is 88.1 cm³/mol. The molecule has 22 heavy (non-hydrogen) atoms. The topological polar surface area (TPSA) is 83.5 Å². The number of hydrogen-bond donors (Lipinski definition) is 2. The number of anilines is 1. The summed E-state index contributed by atoms with van der Waals surface area (Å²) >= 11 is 9.06. The van der Waals surface area contributed by atoms with E-state index >= 15 is 0 Å². The van der Waals surface area contributed by atoms with E-state index in [9.17, 15) is 13.2 Å². The van der Waals surface area contributed by atoms with Crippen molar-refractivity contribution < 1.29 is 18.3 Å². The molecule has 2 rings (SSSR count). The van der Waals surface area contributed by atoms with Crippen LogP contribution in [0, 0.1) is 6.92 Å². The van der Waals surface area contributed by atoms with E-state index in [2.05, 4.69) is 20.7 Å². The van der Waals surface area contributed by atoms with Crippen LogP contribution in [0.1, 0.15) is 15.9 Å². The minimum absolute atomic E-state index is 0.0370. The minimum atomic E-state index is -3.81. The minimum Gasteiger partial charge on any atom is -0.478 e. The van der Waals surface area contributed by atoms with Gasteiger partial charge in [-0.2, -0.15) is 0 Å². The second kappa shape index (κ2) is 6.28. The predicted octanol–water partition coefficient (Wildman–Crippen LogP) is 3.91. The fraction of sp³-hybridized carbons (Fsp3) is 0.0714. The number of hydrogen-bond acceptors (Lipinski definition) is 3. The highest BCUT2D eigenvalue weighted by atomic mass is 79.9. The van der Waals surface area contributed by atoms with Crippen LogP contribution >= 0.6 is 27.5 Å². The lowest BCUT2D eigenvalue weighted by molar-refractivity contribution is 0.0697. The summed E-state index contributed by atoms with van der Waals surface area (Å²) in [4.78, 5) is 11.1. The number of carbonyl (C=O) groups is 1. The Hall–Kier alpha value is -1.57. The molecule has 2 N–H and O–H groups in total. The molecule has 0 saturated heterocycles. The van der Waals surface area contributed by atoms with E-state index in [0.717, 1.165) is 10.0 Å². The number of nitrogens with one attached hydrogen (secondary N) is 1. The van der Waals surface area contributed by atoms with Crippen molar-refractivity contribution in [1.29, 1.82) is 0 Å². The molecule has 116 valence electrons. The Labute approximate surface area is 141 Å². The Morgan fingerprint density at radius 3 is 2.50 bits per heavy atom. The molecule has 0 aliphatic rings. The standard InChI is InChI=1S/C14H11BrClNO4S/c1-8-6-10(3-4-12(8)15)22(20,21)17-9-2-5-13(16)11(7-9)14(18)19/h2-7,17H,1H3,(H,18,19). The first-order chi connectivity index (χ1) is 10.2. The number of sulfonamides is 1. The summed E-state index contributed by atoms with van der Waals surface area (Å²) < 4.78 is 27.8. The van der Waals surface area contributed by atoms with Gasteiger partial charge >= 0.3 is 5.97 Å². The molecular formula is C14H11BrClNO4S. The van der Waals surface area contributed by atoms with Crippen LogP contribution in [0.15, 0.2) is 45.8 Å². The third-order valence-electron chi connectivity index (χ3n) is 2.89. The molecule has 0 spiro atoms. The quantitative estimate of drug-likeness (QED) is 0.809. The van der Waals surface area contributed by atoms with Crippen molar-refractivity contribution >= 4 is 49.2 Å². The molecule has 0 atom stereocenters. The lowest BCUT2D eigenvalue weighted by atomic mass is 10.2. The van der Waals surface area contributed by atoms with E-state index < -0.39 is 16.0 Å². The van der Waals surface area contributed by atoms with Crippen LogP contribution in [-0.2, 0) is 10.0 Å². The van der Waals surface area contributed by atoms with Gasteiger partial charge in [-0.15, -0.1) is 0 Å². The van der Waals surface area contributed by atoms with Crippen LogP contribution < -0.4 is 4.72 Å². The van der Waals surface area contributed by atoms with Gasteiger partial charge in [0.2, 0.25) is 0 Å². The van der Waals surface area contributed by atoms with Crippen molar-refractivity contribution in [3.8, 4) is 0 Å². The molecule has 0 aromatic heterocycles. The van der Waals surface area contributed by atoms with E-state index in [1.54, 1.807) is 13.0 Å². The molecule has 0 amide bonds. The van der Waals surface area contributed by atoms with Crippen LogP contribution in [0.25, 0.3) is 0 Å². The number of benzene rings is 2. The van der Waals surface area contributed by atoms with Crippen LogP contribution in [0.2, 0.25) is 5.02 Å². The Morgan fingerprint density at radius 2 is 1.91 bits per heavy atom. The lowest BCUT2D eigenvalue weighted by Crippen LogP contribution is -2.13. The average molecular weight is 405 g/mol. The largest absolute Gasteiger partial charge is 0.478 e. The zero-order valence-corrected chi connectivity index (χ0v) is 14.5. The van der Waals surface area contributed by atoms with E-state index in [0.29, 0.717) is 0 Å². The second-order valence-corrected chi connectivity index (χ2v) is 7.46. The number of aryl methyl sites for hydroxylation is 1. The van der Waals surface area contributed by atoms with Gasteiger partial charge in [0, 0.05) is 10.2 Å². The van der Waals surface area contributed by atoms with Crippen LogP contribution in [-0.4, -0.2) is 19.5 Å². The van der Waals surface area contributed by atoms with Crippen LogP contribution in [0.5, 0.6) is 0 Å². The van der Waals surface area contributed by atoms with Gasteiger partial charge in [-0.25, -0.2) is 13.2 Å². The first kappa shape index (κ1) is 16.8. The Balaban J connectivity index is 2.38. The highest BCUT2D eigenvalue weighted by Gasteiger charge is 2.17. The summed E-state index contributed by atoms with van der Waals surface area (Å²) in [5.41, 5.74) is 0.724. The zero-order chi connectivity index (χ0) is 16.5. The van der Waals surface area contributed by atoms with E-state index in [-0.39, 0.29) is 21.2 Å². The van der Waals surface area contributed by atoms with Crippen molar-refractivity contribution in [2.45, 2.75) is 11.8 Å².